The fourth-order valence-electron chi connectivity index (χ4n) is 2.01. The van der Waals surface area contributed by atoms with Crippen molar-refractivity contribution in [1.29, 1.82) is 0 Å². The maximum atomic E-state index is 5.88. The van der Waals surface area contributed by atoms with Crippen molar-refractivity contribution in [1.82, 2.24) is 9.97 Å². The summed E-state index contributed by atoms with van der Waals surface area (Å²) in [6.45, 7) is 0.424. The van der Waals surface area contributed by atoms with Crippen molar-refractivity contribution >= 4 is 22.5 Å². The Morgan fingerprint density at radius 2 is 2.00 bits per heavy atom. The van der Waals surface area contributed by atoms with Crippen LogP contribution in [0.1, 0.15) is 5.56 Å². The fraction of sp³-hybridized carbons (Fsp3) is 0.0667. The van der Waals surface area contributed by atoms with E-state index >= 15 is 0 Å². The number of nitrogens with zero attached hydrogens (tertiary/aromatic N) is 2. The van der Waals surface area contributed by atoms with Crippen LogP contribution < -0.4 is 10.5 Å². The fourth-order valence-corrected chi connectivity index (χ4v) is 2.17. The number of fused-ring (bicyclic) bond motifs is 1. The topological polar surface area (TPSA) is 61.0 Å². The van der Waals surface area contributed by atoms with Gasteiger partial charge in [0, 0.05) is 30.3 Å². The van der Waals surface area contributed by atoms with Crippen LogP contribution in [0.4, 0.5) is 0 Å². The monoisotopic (exact) mass is 285 g/mol. The van der Waals surface area contributed by atoms with Gasteiger partial charge in [0.1, 0.15) is 5.75 Å². The van der Waals surface area contributed by atoms with E-state index in [9.17, 15) is 0 Å². The second kappa shape index (κ2) is 5.45. The van der Waals surface area contributed by atoms with Gasteiger partial charge in [-0.15, -0.1) is 0 Å². The standard InChI is InChI=1S/C15H12ClN3O/c16-11-6-12(9-18-8-11)20-15-5-10(7-17)13-3-1-2-4-14(13)19-15/h1-6,8-9H,7,17H2. The smallest absolute Gasteiger partial charge is 0.220 e. The molecule has 5 heteroatoms. The van der Waals surface area contributed by atoms with Crippen LogP contribution in [0.2, 0.25) is 5.02 Å². The van der Waals surface area contributed by atoms with Gasteiger partial charge < -0.3 is 10.5 Å². The summed E-state index contributed by atoms with van der Waals surface area (Å²) >= 11 is 5.88. The summed E-state index contributed by atoms with van der Waals surface area (Å²) in [6.07, 6.45) is 3.14. The number of ether oxygens (including phenoxy) is 1. The lowest BCUT2D eigenvalue weighted by molar-refractivity contribution is 0.462. The third kappa shape index (κ3) is 2.57. The summed E-state index contributed by atoms with van der Waals surface area (Å²) in [6, 6.07) is 11.3. The lowest BCUT2D eigenvalue weighted by atomic mass is 10.1. The molecule has 0 aliphatic rings. The second-order valence-corrected chi connectivity index (χ2v) is 4.72. The Hall–Kier alpha value is -2.17. The second-order valence-electron chi connectivity index (χ2n) is 4.28. The van der Waals surface area contributed by atoms with Gasteiger partial charge in [-0.3, -0.25) is 4.98 Å². The average molecular weight is 286 g/mol. The van der Waals surface area contributed by atoms with E-state index in [1.165, 1.54) is 0 Å². The SMILES string of the molecule is NCc1cc(Oc2cncc(Cl)c2)nc2ccccc12. The predicted octanol–water partition coefficient (Wildman–Crippen LogP) is 3.53. The highest BCUT2D eigenvalue weighted by atomic mass is 35.5. The molecule has 20 heavy (non-hydrogen) atoms. The summed E-state index contributed by atoms with van der Waals surface area (Å²) in [5.74, 6) is 1.02. The van der Waals surface area contributed by atoms with Crippen LogP contribution in [0.5, 0.6) is 11.6 Å². The van der Waals surface area contributed by atoms with E-state index in [1.54, 1.807) is 18.5 Å². The molecule has 0 fully saturated rings. The maximum absolute atomic E-state index is 5.88. The minimum atomic E-state index is 0.424. The summed E-state index contributed by atoms with van der Waals surface area (Å²) in [5, 5.41) is 1.55. The third-order valence-electron chi connectivity index (χ3n) is 2.90. The first-order valence-electron chi connectivity index (χ1n) is 6.13. The molecule has 100 valence electrons. The van der Waals surface area contributed by atoms with E-state index in [2.05, 4.69) is 9.97 Å². The number of pyridine rings is 2. The van der Waals surface area contributed by atoms with E-state index in [1.807, 2.05) is 30.3 Å². The van der Waals surface area contributed by atoms with Crippen molar-refractivity contribution in [3.05, 3.63) is 59.4 Å². The highest BCUT2D eigenvalue weighted by Crippen LogP contribution is 2.26. The number of rotatable bonds is 3. The van der Waals surface area contributed by atoms with Crippen molar-refractivity contribution in [2.24, 2.45) is 5.73 Å². The molecule has 2 aromatic heterocycles. The summed E-state index contributed by atoms with van der Waals surface area (Å²) in [7, 11) is 0. The molecule has 0 spiro atoms. The summed E-state index contributed by atoms with van der Waals surface area (Å²) in [5.41, 5.74) is 7.62. The normalized spacial score (nSPS) is 10.7. The van der Waals surface area contributed by atoms with Crippen LogP contribution in [0.3, 0.4) is 0 Å². The minimum absolute atomic E-state index is 0.424. The molecule has 0 aliphatic heterocycles. The van der Waals surface area contributed by atoms with Gasteiger partial charge in [0.05, 0.1) is 16.7 Å². The van der Waals surface area contributed by atoms with Crippen molar-refractivity contribution in [2.45, 2.75) is 6.54 Å². The Morgan fingerprint density at radius 3 is 2.80 bits per heavy atom. The highest BCUT2D eigenvalue weighted by Gasteiger charge is 2.06. The predicted molar refractivity (Wildman–Crippen MR) is 79.0 cm³/mol. The van der Waals surface area contributed by atoms with Gasteiger partial charge in [-0.1, -0.05) is 29.8 Å². The van der Waals surface area contributed by atoms with E-state index in [0.29, 0.717) is 23.2 Å². The van der Waals surface area contributed by atoms with Gasteiger partial charge in [-0.25, -0.2) is 4.98 Å². The molecule has 0 aliphatic carbocycles. The molecular weight excluding hydrogens is 274 g/mol. The molecule has 4 nitrogen and oxygen atoms in total. The number of hydrogen-bond donors (Lipinski definition) is 1. The molecule has 0 amide bonds. The Kier molecular flexibility index (Phi) is 3.50. The van der Waals surface area contributed by atoms with E-state index < -0.39 is 0 Å². The van der Waals surface area contributed by atoms with Crippen molar-refractivity contribution in [2.75, 3.05) is 0 Å². The number of benzene rings is 1. The van der Waals surface area contributed by atoms with Gasteiger partial charge >= 0.3 is 0 Å². The van der Waals surface area contributed by atoms with Crippen molar-refractivity contribution < 1.29 is 4.74 Å². The number of halogens is 1. The molecule has 0 saturated heterocycles. The van der Waals surface area contributed by atoms with Gasteiger partial charge in [-0.05, 0) is 11.6 Å². The number of hydrogen-bond acceptors (Lipinski definition) is 4. The Balaban J connectivity index is 2.03. The molecule has 2 heterocycles. The molecule has 0 unspecified atom stereocenters. The van der Waals surface area contributed by atoms with E-state index in [4.69, 9.17) is 22.1 Å². The molecule has 0 bridgehead atoms. The third-order valence-corrected chi connectivity index (χ3v) is 3.11. The lowest BCUT2D eigenvalue weighted by Gasteiger charge is -2.09. The quantitative estimate of drug-likeness (QED) is 0.799. The van der Waals surface area contributed by atoms with E-state index in [0.717, 1.165) is 16.5 Å². The first-order chi connectivity index (χ1) is 9.76. The van der Waals surface area contributed by atoms with Gasteiger partial charge in [-0.2, -0.15) is 0 Å². The highest BCUT2D eigenvalue weighted by molar-refractivity contribution is 6.30. The van der Waals surface area contributed by atoms with Crippen LogP contribution in [0, 0.1) is 0 Å². The number of para-hydroxylation sites is 1. The Morgan fingerprint density at radius 1 is 1.15 bits per heavy atom. The van der Waals surface area contributed by atoms with Crippen LogP contribution >= 0.6 is 11.6 Å². The molecular formula is C15H12ClN3O. The van der Waals surface area contributed by atoms with Gasteiger partial charge in [0.15, 0.2) is 0 Å². The number of aromatic nitrogens is 2. The van der Waals surface area contributed by atoms with E-state index in [-0.39, 0.29) is 0 Å². The molecule has 3 aromatic rings. The summed E-state index contributed by atoms with van der Waals surface area (Å²) < 4.78 is 5.70. The number of nitrogens with two attached hydrogens (primary N) is 1. The molecule has 0 saturated carbocycles. The molecule has 1 aromatic carbocycles. The average Bonchev–Trinajstić information content (AvgIpc) is 2.46. The van der Waals surface area contributed by atoms with Crippen LogP contribution in [-0.2, 0) is 6.54 Å². The van der Waals surface area contributed by atoms with Gasteiger partial charge in [0.2, 0.25) is 5.88 Å². The zero-order valence-corrected chi connectivity index (χ0v) is 11.3. The minimum Gasteiger partial charge on any atom is -0.437 e. The van der Waals surface area contributed by atoms with Crippen molar-refractivity contribution in [3.63, 3.8) is 0 Å². The lowest BCUT2D eigenvalue weighted by Crippen LogP contribution is -2.00. The van der Waals surface area contributed by atoms with Crippen LogP contribution in [0.15, 0.2) is 48.8 Å². The molecule has 2 N–H and O–H groups in total. The first kappa shape index (κ1) is 12.8. The molecule has 0 atom stereocenters. The largest absolute Gasteiger partial charge is 0.437 e. The summed E-state index contributed by atoms with van der Waals surface area (Å²) in [4.78, 5) is 8.44. The van der Waals surface area contributed by atoms with Crippen molar-refractivity contribution in [3.8, 4) is 11.6 Å². The Labute approximate surface area is 121 Å². The van der Waals surface area contributed by atoms with Crippen LogP contribution in [-0.4, -0.2) is 9.97 Å². The zero-order chi connectivity index (χ0) is 13.9. The first-order valence-corrected chi connectivity index (χ1v) is 6.51. The van der Waals surface area contributed by atoms with Gasteiger partial charge in [0.25, 0.3) is 0 Å². The zero-order valence-electron chi connectivity index (χ0n) is 10.6. The Bertz CT molecular complexity index is 761. The molecule has 0 radical (unpaired) electrons. The maximum Gasteiger partial charge on any atom is 0.220 e. The van der Waals surface area contributed by atoms with Crippen LogP contribution in [0.25, 0.3) is 10.9 Å². The molecule has 3 rings (SSSR count).